The van der Waals surface area contributed by atoms with E-state index in [2.05, 4.69) is 0 Å². The summed E-state index contributed by atoms with van der Waals surface area (Å²) in [4.78, 5) is 11.9. The molecular weight excluding hydrogens is 285 g/mol. The molecule has 3 nitrogen and oxygen atoms in total. The van der Waals surface area contributed by atoms with Crippen LogP contribution in [0.25, 0.3) is 11.0 Å². The summed E-state index contributed by atoms with van der Waals surface area (Å²) in [5, 5.41) is 1.24. The third-order valence-electron chi connectivity index (χ3n) is 3.08. The molecule has 0 saturated carbocycles. The highest BCUT2D eigenvalue weighted by atomic mass is 35.5. The van der Waals surface area contributed by atoms with Gasteiger partial charge in [-0.25, -0.2) is 4.79 Å². The van der Waals surface area contributed by atoms with Crippen LogP contribution in [-0.4, -0.2) is 6.04 Å². The molecule has 2 aromatic rings. The molecule has 1 heterocycles. The van der Waals surface area contributed by atoms with Crippen LogP contribution in [0.15, 0.2) is 27.4 Å². The summed E-state index contributed by atoms with van der Waals surface area (Å²) in [6.07, 6.45) is 1.24. The minimum absolute atomic E-state index is 0. The van der Waals surface area contributed by atoms with Gasteiger partial charge in [0, 0.05) is 11.4 Å². The van der Waals surface area contributed by atoms with E-state index in [0.717, 1.165) is 17.4 Å². The Hall–Kier alpha value is -1.03. The number of nitrogens with two attached hydrogens (primary N) is 1. The van der Waals surface area contributed by atoms with E-state index in [9.17, 15) is 4.79 Å². The Bertz CT molecular complexity index is 637. The molecule has 1 unspecified atom stereocenters. The van der Waals surface area contributed by atoms with Crippen LogP contribution >= 0.6 is 24.0 Å². The second-order valence-electron chi connectivity index (χ2n) is 4.55. The van der Waals surface area contributed by atoms with Crippen molar-refractivity contribution in [3.05, 3.63) is 44.8 Å². The molecule has 0 amide bonds. The van der Waals surface area contributed by atoms with Gasteiger partial charge >= 0.3 is 5.63 Å². The lowest BCUT2D eigenvalue weighted by Gasteiger charge is -2.10. The van der Waals surface area contributed by atoms with E-state index >= 15 is 0 Å². The average molecular weight is 302 g/mol. The number of aryl methyl sites for hydroxylation is 1. The van der Waals surface area contributed by atoms with Crippen LogP contribution in [0, 0.1) is 6.92 Å². The summed E-state index contributed by atoms with van der Waals surface area (Å²) >= 11 is 6.30. The standard InChI is InChI=1S/C14H16ClNO2.ClH/c1-3-9(16)7-11-13(15)10-6-8(2)4-5-12(10)18-14(11)17;/h4-6,9H,3,7,16H2,1-2H3;1H. The van der Waals surface area contributed by atoms with E-state index in [0.29, 0.717) is 22.6 Å². The molecule has 0 saturated heterocycles. The molecule has 0 aliphatic carbocycles. The van der Waals surface area contributed by atoms with Crippen LogP contribution in [0.1, 0.15) is 24.5 Å². The van der Waals surface area contributed by atoms with Gasteiger partial charge in [-0.1, -0.05) is 30.2 Å². The lowest BCUT2D eigenvalue weighted by Crippen LogP contribution is -2.25. The van der Waals surface area contributed by atoms with Crippen LogP contribution in [0.4, 0.5) is 0 Å². The summed E-state index contributed by atoms with van der Waals surface area (Å²) < 4.78 is 5.28. The van der Waals surface area contributed by atoms with Gasteiger partial charge in [-0.05, 0) is 31.9 Å². The zero-order chi connectivity index (χ0) is 13.3. The smallest absolute Gasteiger partial charge is 0.341 e. The maximum Gasteiger partial charge on any atom is 0.341 e. The van der Waals surface area contributed by atoms with E-state index in [1.165, 1.54) is 0 Å². The molecule has 2 N–H and O–H groups in total. The Morgan fingerprint density at radius 3 is 2.74 bits per heavy atom. The number of fused-ring (bicyclic) bond motifs is 1. The van der Waals surface area contributed by atoms with Crippen LogP contribution in [0.5, 0.6) is 0 Å². The van der Waals surface area contributed by atoms with Crippen LogP contribution < -0.4 is 11.4 Å². The van der Waals surface area contributed by atoms with Gasteiger partial charge < -0.3 is 10.2 Å². The van der Waals surface area contributed by atoms with Gasteiger partial charge in [0.2, 0.25) is 0 Å². The van der Waals surface area contributed by atoms with Gasteiger partial charge in [-0.2, -0.15) is 0 Å². The molecule has 104 valence electrons. The summed E-state index contributed by atoms with van der Waals surface area (Å²) in [6, 6.07) is 5.50. The van der Waals surface area contributed by atoms with Crippen molar-refractivity contribution in [2.45, 2.75) is 32.7 Å². The highest BCUT2D eigenvalue weighted by Gasteiger charge is 2.15. The quantitative estimate of drug-likeness (QED) is 0.883. The Morgan fingerprint density at radius 2 is 2.11 bits per heavy atom. The predicted octanol–water partition coefficient (Wildman–Crippen LogP) is 3.46. The maximum atomic E-state index is 11.9. The normalized spacial score (nSPS) is 12.2. The van der Waals surface area contributed by atoms with Crippen molar-refractivity contribution in [3.8, 4) is 0 Å². The highest BCUT2D eigenvalue weighted by Crippen LogP contribution is 2.26. The number of rotatable bonds is 3. The summed E-state index contributed by atoms with van der Waals surface area (Å²) in [6.45, 7) is 3.95. The van der Waals surface area contributed by atoms with Gasteiger partial charge in [0.1, 0.15) is 5.58 Å². The van der Waals surface area contributed by atoms with Gasteiger partial charge in [0.25, 0.3) is 0 Å². The third kappa shape index (κ3) is 3.30. The van der Waals surface area contributed by atoms with Crippen LogP contribution in [0.3, 0.4) is 0 Å². The third-order valence-corrected chi connectivity index (χ3v) is 3.51. The molecule has 0 bridgehead atoms. The summed E-state index contributed by atoms with van der Waals surface area (Å²) in [5.74, 6) is 0. The van der Waals surface area contributed by atoms with Crippen molar-refractivity contribution in [3.63, 3.8) is 0 Å². The average Bonchev–Trinajstić information content (AvgIpc) is 2.35. The van der Waals surface area contributed by atoms with E-state index in [4.69, 9.17) is 21.8 Å². The molecular formula is C14H17Cl2NO2. The fourth-order valence-electron chi connectivity index (χ4n) is 1.90. The molecule has 0 fully saturated rings. The lowest BCUT2D eigenvalue weighted by molar-refractivity contribution is 0.538. The number of hydrogen-bond donors (Lipinski definition) is 1. The Balaban J connectivity index is 0.00000180. The van der Waals surface area contributed by atoms with Crippen molar-refractivity contribution in [1.82, 2.24) is 0 Å². The molecule has 1 atom stereocenters. The molecule has 1 aromatic carbocycles. The first kappa shape index (κ1) is 16.0. The first-order valence-corrected chi connectivity index (χ1v) is 6.38. The monoisotopic (exact) mass is 301 g/mol. The van der Waals surface area contributed by atoms with Gasteiger partial charge in [0.15, 0.2) is 0 Å². The minimum atomic E-state index is -0.389. The highest BCUT2D eigenvalue weighted by molar-refractivity contribution is 6.36. The Morgan fingerprint density at radius 1 is 1.42 bits per heavy atom. The van der Waals surface area contributed by atoms with E-state index in [-0.39, 0.29) is 24.1 Å². The zero-order valence-corrected chi connectivity index (χ0v) is 12.5. The van der Waals surface area contributed by atoms with E-state index < -0.39 is 0 Å². The second-order valence-corrected chi connectivity index (χ2v) is 4.93. The second kappa shape index (κ2) is 6.42. The van der Waals surface area contributed by atoms with Crippen molar-refractivity contribution in [2.75, 3.05) is 0 Å². The van der Waals surface area contributed by atoms with Crippen molar-refractivity contribution < 1.29 is 4.42 Å². The first-order chi connectivity index (χ1) is 8.52. The molecule has 0 aliphatic rings. The van der Waals surface area contributed by atoms with Gasteiger partial charge in [-0.3, -0.25) is 0 Å². The molecule has 0 aliphatic heterocycles. The molecule has 0 spiro atoms. The summed E-state index contributed by atoms with van der Waals surface area (Å²) in [5.41, 5.74) is 7.56. The molecule has 0 radical (unpaired) electrons. The largest absolute Gasteiger partial charge is 0.422 e. The predicted molar refractivity (Wildman–Crippen MR) is 81.4 cm³/mol. The zero-order valence-electron chi connectivity index (χ0n) is 10.9. The van der Waals surface area contributed by atoms with Crippen molar-refractivity contribution in [2.24, 2.45) is 5.73 Å². The van der Waals surface area contributed by atoms with Gasteiger partial charge in [0.05, 0.1) is 10.6 Å². The first-order valence-electron chi connectivity index (χ1n) is 6.00. The van der Waals surface area contributed by atoms with Crippen LogP contribution in [-0.2, 0) is 6.42 Å². The molecule has 1 aromatic heterocycles. The van der Waals surface area contributed by atoms with Crippen LogP contribution in [0.2, 0.25) is 5.02 Å². The lowest BCUT2D eigenvalue weighted by atomic mass is 10.0. The number of benzene rings is 1. The van der Waals surface area contributed by atoms with E-state index in [1.807, 2.05) is 26.0 Å². The number of halogens is 2. The molecule has 19 heavy (non-hydrogen) atoms. The fraction of sp³-hybridized carbons (Fsp3) is 0.357. The topological polar surface area (TPSA) is 56.2 Å². The van der Waals surface area contributed by atoms with Crippen molar-refractivity contribution >= 4 is 35.0 Å². The SMILES string of the molecule is CCC(N)Cc1c(Cl)c2cc(C)ccc2oc1=O.Cl. The Labute approximate surface area is 123 Å². The molecule has 5 heteroatoms. The molecule has 2 rings (SSSR count). The maximum absolute atomic E-state index is 11.9. The van der Waals surface area contributed by atoms with Gasteiger partial charge in [-0.15, -0.1) is 12.4 Å². The summed E-state index contributed by atoms with van der Waals surface area (Å²) in [7, 11) is 0. The minimum Gasteiger partial charge on any atom is -0.422 e. The van der Waals surface area contributed by atoms with E-state index in [1.54, 1.807) is 6.07 Å². The fourth-order valence-corrected chi connectivity index (χ4v) is 2.20. The van der Waals surface area contributed by atoms with Crippen molar-refractivity contribution in [1.29, 1.82) is 0 Å². The Kier molecular flexibility index (Phi) is 5.41. The number of hydrogen-bond acceptors (Lipinski definition) is 3.